The van der Waals surface area contributed by atoms with E-state index < -0.39 is 6.10 Å². The molecule has 0 heterocycles. The third-order valence-electron chi connectivity index (χ3n) is 4.48. The van der Waals surface area contributed by atoms with Crippen molar-refractivity contribution >= 4 is 5.91 Å². The highest BCUT2D eigenvalue weighted by atomic mass is 16.5. The summed E-state index contributed by atoms with van der Waals surface area (Å²) >= 11 is 0. The number of carbonyl (C=O) groups excluding carboxylic acids is 1. The number of hydrogen-bond donors (Lipinski definition) is 1. The van der Waals surface area contributed by atoms with E-state index >= 15 is 0 Å². The van der Waals surface area contributed by atoms with Gasteiger partial charge < -0.3 is 10.1 Å². The Balaban J connectivity index is 2.04. The van der Waals surface area contributed by atoms with Crippen molar-refractivity contribution in [2.45, 2.75) is 53.7 Å². The third-order valence-corrected chi connectivity index (χ3v) is 4.48. The summed E-state index contributed by atoms with van der Waals surface area (Å²) in [6, 6.07) is 12.1. The summed E-state index contributed by atoms with van der Waals surface area (Å²) in [4.78, 5) is 12.5. The number of benzene rings is 2. The Bertz CT molecular complexity index is 737. The van der Waals surface area contributed by atoms with Crippen LogP contribution in [-0.4, -0.2) is 12.0 Å². The van der Waals surface area contributed by atoms with Gasteiger partial charge in [0, 0.05) is 0 Å². The van der Waals surface area contributed by atoms with Gasteiger partial charge in [0.05, 0.1) is 6.04 Å². The Morgan fingerprint density at radius 1 is 1.00 bits per heavy atom. The topological polar surface area (TPSA) is 38.3 Å². The van der Waals surface area contributed by atoms with Gasteiger partial charge in [0.1, 0.15) is 5.75 Å². The Kier molecular flexibility index (Phi) is 5.66. The van der Waals surface area contributed by atoms with Gasteiger partial charge >= 0.3 is 0 Å². The maximum atomic E-state index is 12.5. The molecule has 2 aromatic carbocycles. The monoisotopic (exact) mass is 325 g/mol. The van der Waals surface area contributed by atoms with E-state index in [2.05, 4.69) is 37.4 Å². The zero-order valence-electron chi connectivity index (χ0n) is 15.4. The summed E-state index contributed by atoms with van der Waals surface area (Å²) in [7, 11) is 0. The van der Waals surface area contributed by atoms with Crippen molar-refractivity contribution in [1.29, 1.82) is 0 Å². The molecule has 1 amide bonds. The fraction of sp³-hybridized carbons (Fsp3) is 0.381. The molecule has 0 bridgehead atoms. The molecule has 0 aliphatic carbocycles. The van der Waals surface area contributed by atoms with Crippen LogP contribution in [0.2, 0.25) is 0 Å². The van der Waals surface area contributed by atoms with E-state index in [4.69, 9.17) is 4.74 Å². The van der Waals surface area contributed by atoms with Crippen molar-refractivity contribution in [3.05, 3.63) is 64.2 Å². The maximum Gasteiger partial charge on any atom is 0.261 e. The van der Waals surface area contributed by atoms with Crippen molar-refractivity contribution in [3.63, 3.8) is 0 Å². The number of rotatable bonds is 5. The SMILES string of the molecule is Cc1ccc([C@@H](C)NC(=O)[C@H](C)Oc2cccc(C)c2C)c(C)c1. The highest BCUT2D eigenvalue weighted by Crippen LogP contribution is 2.22. The van der Waals surface area contributed by atoms with Gasteiger partial charge in [-0.15, -0.1) is 0 Å². The molecule has 2 rings (SSSR count). The molecule has 3 nitrogen and oxygen atoms in total. The highest BCUT2D eigenvalue weighted by Gasteiger charge is 2.19. The van der Waals surface area contributed by atoms with E-state index in [0.29, 0.717) is 0 Å². The van der Waals surface area contributed by atoms with E-state index in [1.54, 1.807) is 6.92 Å². The molecule has 128 valence electrons. The Morgan fingerprint density at radius 3 is 2.38 bits per heavy atom. The van der Waals surface area contributed by atoms with Gasteiger partial charge in [-0.2, -0.15) is 0 Å². The van der Waals surface area contributed by atoms with Gasteiger partial charge in [0.15, 0.2) is 6.10 Å². The van der Waals surface area contributed by atoms with Gasteiger partial charge in [0.2, 0.25) is 0 Å². The summed E-state index contributed by atoms with van der Waals surface area (Å²) < 4.78 is 5.86. The number of aryl methyl sites for hydroxylation is 3. The van der Waals surface area contributed by atoms with Crippen LogP contribution < -0.4 is 10.1 Å². The molecule has 0 unspecified atom stereocenters. The first kappa shape index (κ1) is 18.1. The molecule has 0 radical (unpaired) electrons. The fourth-order valence-electron chi connectivity index (χ4n) is 2.82. The molecule has 2 aromatic rings. The van der Waals surface area contributed by atoms with Crippen LogP contribution in [0.3, 0.4) is 0 Å². The van der Waals surface area contributed by atoms with E-state index in [-0.39, 0.29) is 11.9 Å². The normalized spacial score (nSPS) is 13.2. The lowest BCUT2D eigenvalue weighted by Crippen LogP contribution is -2.38. The molecule has 0 fully saturated rings. The average Bonchev–Trinajstić information content (AvgIpc) is 2.51. The lowest BCUT2D eigenvalue weighted by atomic mass is 10.00. The van der Waals surface area contributed by atoms with Gasteiger partial charge in [-0.05, 0) is 69.9 Å². The van der Waals surface area contributed by atoms with Crippen molar-refractivity contribution in [2.75, 3.05) is 0 Å². The minimum atomic E-state index is -0.543. The minimum Gasteiger partial charge on any atom is -0.481 e. The quantitative estimate of drug-likeness (QED) is 0.875. The zero-order chi connectivity index (χ0) is 17.9. The second-order valence-corrected chi connectivity index (χ2v) is 6.55. The molecular weight excluding hydrogens is 298 g/mol. The molecular formula is C21H27NO2. The predicted molar refractivity (Wildman–Crippen MR) is 98.5 cm³/mol. The van der Waals surface area contributed by atoms with E-state index in [0.717, 1.165) is 22.4 Å². The maximum absolute atomic E-state index is 12.5. The molecule has 3 heteroatoms. The first-order chi connectivity index (χ1) is 11.3. The number of hydrogen-bond acceptors (Lipinski definition) is 2. The van der Waals surface area contributed by atoms with Gasteiger partial charge in [0.25, 0.3) is 5.91 Å². The molecule has 0 aliphatic heterocycles. The first-order valence-corrected chi connectivity index (χ1v) is 8.40. The van der Waals surface area contributed by atoms with Crippen LogP contribution in [0.1, 0.15) is 47.7 Å². The van der Waals surface area contributed by atoms with Crippen LogP contribution >= 0.6 is 0 Å². The molecule has 0 spiro atoms. The Morgan fingerprint density at radius 2 is 1.71 bits per heavy atom. The van der Waals surface area contributed by atoms with Crippen LogP contribution in [0.25, 0.3) is 0 Å². The van der Waals surface area contributed by atoms with Crippen LogP contribution in [0.5, 0.6) is 5.75 Å². The van der Waals surface area contributed by atoms with Crippen molar-refractivity contribution < 1.29 is 9.53 Å². The summed E-state index contributed by atoms with van der Waals surface area (Å²) in [5.74, 6) is 0.653. The Labute approximate surface area is 145 Å². The molecule has 24 heavy (non-hydrogen) atoms. The average molecular weight is 325 g/mol. The largest absolute Gasteiger partial charge is 0.481 e. The second-order valence-electron chi connectivity index (χ2n) is 6.55. The predicted octanol–water partition coefficient (Wildman–Crippen LogP) is 4.56. The second kappa shape index (κ2) is 7.52. The molecule has 0 saturated heterocycles. The molecule has 0 aliphatic rings. The van der Waals surface area contributed by atoms with Crippen LogP contribution in [0.15, 0.2) is 36.4 Å². The number of nitrogens with one attached hydrogen (secondary N) is 1. The summed E-state index contributed by atoms with van der Waals surface area (Å²) in [5, 5.41) is 3.05. The zero-order valence-corrected chi connectivity index (χ0v) is 15.4. The smallest absolute Gasteiger partial charge is 0.261 e. The van der Waals surface area contributed by atoms with Gasteiger partial charge in [-0.3, -0.25) is 4.79 Å². The van der Waals surface area contributed by atoms with E-state index in [1.165, 1.54) is 11.1 Å². The van der Waals surface area contributed by atoms with E-state index in [1.807, 2.05) is 39.0 Å². The fourth-order valence-corrected chi connectivity index (χ4v) is 2.82. The van der Waals surface area contributed by atoms with E-state index in [9.17, 15) is 4.79 Å². The summed E-state index contributed by atoms with van der Waals surface area (Å²) in [6.07, 6.45) is -0.543. The van der Waals surface area contributed by atoms with Gasteiger partial charge in [-0.25, -0.2) is 0 Å². The van der Waals surface area contributed by atoms with Crippen LogP contribution in [-0.2, 0) is 4.79 Å². The highest BCUT2D eigenvalue weighted by molar-refractivity contribution is 5.81. The minimum absolute atomic E-state index is 0.0530. The molecule has 0 saturated carbocycles. The van der Waals surface area contributed by atoms with Crippen molar-refractivity contribution in [1.82, 2.24) is 5.32 Å². The van der Waals surface area contributed by atoms with Crippen LogP contribution in [0.4, 0.5) is 0 Å². The number of ether oxygens (including phenoxy) is 1. The number of amides is 1. The van der Waals surface area contributed by atoms with Crippen LogP contribution in [0, 0.1) is 27.7 Å². The molecule has 1 N–H and O–H groups in total. The summed E-state index contributed by atoms with van der Waals surface area (Å²) in [6.45, 7) is 12.0. The van der Waals surface area contributed by atoms with Crippen molar-refractivity contribution in [3.8, 4) is 5.75 Å². The van der Waals surface area contributed by atoms with Gasteiger partial charge in [-0.1, -0.05) is 35.9 Å². The lowest BCUT2D eigenvalue weighted by molar-refractivity contribution is -0.127. The summed E-state index contributed by atoms with van der Waals surface area (Å²) in [5.41, 5.74) is 5.77. The third kappa shape index (κ3) is 4.16. The first-order valence-electron chi connectivity index (χ1n) is 8.40. The number of carbonyl (C=O) groups is 1. The standard InChI is InChI=1S/C21H27NO2/c1-13-10-11-19(15(3)12-13)17(5)22-21(23)18(6)24-20-9-7-8-14(2)16(20)4/h7-12,17-18H,1-6H3,(H,22,23)/t17-,18+/m1/s1. The molecule has 0 aromatic heterocycles. The van der Waals surface area contributed by atoms with Crippen molar-refractivity contribution in [2.24, 2.45) is 0 Å². The lowest BCUT2D eigenvalue weighted by Gasteiger charge is -2.21. The molecule has 2 atom stereocenters. The Hall–Kier alpha value is -2.29.